The largest absolute Gasteiger partial charge is 0.497 e. The molecule has 0 saturated carbocycles. The SMILES string of the molecule is COC(=O)[C@@H]1CC2(CN1)CC(O)c1c(c(C(C)C)nc3ccc(OC)cc13)O2. The smallest absolute Gasteiger partial charge is 0.323 e. The summed E-state index contributed by atoms with van der Waals surface area (Å²) in [5, 5.41) is 15.1. The van der Waals surface area contributed by atoms with Gasteiger partial charge < -0.3 is 24.6 Å². The van der Waals surface area contributed by atoms with Crippen molar-refractivity contribution in [2.45, 2.75) is 50.4 Å². The van der Waals surface area contributed by atoms with Crippen LogP contribution in [0.3, 0.4) is 0 Å². The van der Waals surface area contributed by atoms with Gasteiger partial charge in [-0.25, -0.2) is 4.98 Å². The van der Waals surface area contributed by atoms with E-state index in [4.69, 9.17) is 19.2 Å². The molecule has 2 aliphatic rings. The minimum atomic E-state index is -0.725. The zero-order chi connectivity index (χ0) is 20.1. The second-order valence-electron chi connectivity index (χ2n) is 7.94. The number of aromatic nitrogens is 1. The number of hydrogen-bond donors (Lipinski definition) is 2. The molecule has 150 valence electrons. The van der Waals surface area contributed by atoms with Gasteiger partial charge in [-0.15, -0.1) is 0 Å². The minimum Gasteiger partial charge on any atom is -0.497 e. The van der Waals surface area contributed by atoms with Crippen LogP contribution in [0.5, 0.6) is 11.5 Å². The van der Waals surface area contributed by atoms with Gasteiger partial charge in [-0.1, -0.05) is 13.8 Å². The number of carbonyl (C=O) groups is 1. The number of pyridine rings is 1. The predicted molar refractivity (Wildman–Crippen MR) is 104 cm³/mol. The van der Waals surface area contributed by atoms with E-state index in [1.807, 2.05) is 18.2 Å². The number of aliphatic hydroxyl groups excluding tert-OH is 1. The quantitative estimate of drug-likeness (QED) is 0.783. The number of nitrogens with one attached hydrogen (secondary N) is 1. The number of fused-ring (bicyclic) bond motifs is 3. The summed E-state index contributed by atoms with van der Waals surface area (Å²) < 4.78 is 16.7. The average molecular weight is 386 g/mol. The molecular formula is C21H26N2O5. The Labute approximate surface area is 164 Å². The third-order valence-electron chi connectivity index (χ3n) is 5.71. The third kappa shape index (κ3) is 2.99. The summed E-state index contributed by atoms with van der Waals surface area (Å²) in [6.45, 7) is 4.58. The lowest BCUT2D eigenvalue weighted by Crippen LogP contribution is -2.43. The second kappa shape index (κ2) is 6.90. The number of esters is 1. The van der Waals surface area contributed by atoms with Crippen molar-refractivity contribution < 1.29 is 24.1 Å². The summed E-state index contributed by atoms with van der Waals surface area (Å²) in [4.78, 5) is 16.8. The fourth-order valence-electron chi connectivity index (χ4n) is 4.31. The number of hydrogen-bond acceptors (Lipinski definition) is 7. The highest BCUT2D eigenvalue weighted by atomic mass is 16.5. The highest BCUT2D eigenvalue weighted by molar-refractivity contribution is 5.87. The van der Waals surface area contributed by atoms with E-state index >= 15 is 0 Å². The van der Waals surface area contributed by atoms with Crippen molar-refractivity contribution in [3.63, 3.8) is 0 Å². The van der Waals surface area contributed by atoms with E-state index in [-0.39, 0.29) is 11.9 Å². The van der Waals surface area contributed by atoms with E-state index in [1.54, 1.807) is 7.11 Å². The lowest BCUT2D eigenvalue weighted by atomic mass is 9.84. The summed E-state index contributed by atoms with van der Waals surface area (Å²) in [6.07, 6.45) is 0.120. The Kier molecular flexibility index (Phi) is 4.67. The van der Waals surface area contributed by atoms with E-state index < -0.39 is 17.7 Å². The van der Waals surface area contributed by atoms with Crippen LogP contribution in [0.2, 0.25) is 0 Å². The first-order valence-electron chi connectivity index (χ1n) is 9.57. The standard InChI is InChI=1S/C21H26N2O5/c1-11(2)18-19-17(13-7-12(26-3)5-6-14(13)23-18)16(24)9-21(28-19)8-15(22-10-21)20(25)27-4/h5-7,11,15-16,22,24H,8-10H2,1-4H3/t15-,16?,21?/m0/s1. The van der Waals surface area contributed by atoms with Crippen LogP contribution in [-0.4, -0.2) is 48.5 Å². The Morgan fingerprint density at radius 3 is 2.82 bits per heavy atom. The zero-order valence-electron chi connectivity index (χ0n) is 16.6. The molecule has 1 fully saturated rings. The third-order valence-corrected chi connectivity index (χ3v) is 5.71. The molecule has 2 aromatic rings. The molecule has 0 radical (unpaired) electrons. The lowest BCUT2D eigenvalue weighted by Gasteiger charge is -2.39. The van der Waals surface area contributed by atoms with E-state index in [9.17, 15) is 9.90 Å². The van der Waals surface area contributed by atoms with Gasteiger partial charge in [0.1, 0.15) is 23.1 Å². The number of aliphatic hydroxyl groups is 1. The molecule has 3 heterocycles. The Morgan fingerprint density at radius 1 is 1.36 bits per heavy atom. The minimum absolute atomic E-state index is 0.119. The predicted octanol–water partition coefficient (Wildman–Crippen LogP) is 2.46. The summed E-state index contributed by atoms with van der Waals surface area (Å²) in [7, 11) is 2.99. The van der Waals surface area contributed by atoms with Crippen molar-refractivity contribution in [1.29, 1.82) is 0 Å². The molecule has 1 aromatic carbocycles. The Bertz CT molecular complexity index is 929. The van der Waals surface area contributed by atoms with Gasteiger partial charge in [-0.3, -0.25) is 4.79 Å². The van der Waals surface area contributed by atoms with Gasteiger partial charge in [-0.05, 0) is 24.1 Å². The number of benzene rings is 1. The first-order chi connectivity index (χ1) is 13.4. The summed E-state index contributed by atoms with van der Waals surface area (Å²) in [6, 6.07) is 5.22. The maximum absolute atomic E-state index is 12.0. The number of carbonyl (C=O) groups excluding carboxylic acids is 1. The topological polar surface area (TPSA) is 89.9 Å². The van der Waals surface area contributed by atoms with E-state index in [0.29, 0.717) is 30.9 Å². The summed E-state index contributed by atoms with van der Waals surface area (Å²) in [5.41, 5.74) is 1.70. The van der Waals surface area contributed by atoms with Gasteiger partial charge in [0.05, 0.1) is 31.5 Å². The molecule has 28 heavy (non-hydrogen) atoms. The number of nitrogens with zero attached hydrogens (tertiary/aromatic N) is 1. The number of methoxy groups -OCH3 is 2. The van der Waals surface area contributed by atoms with Crippen LogP contribution in [0.15, 0.2) is 18.2 Å². The highest BCUT2D eigenvalue weighted by Crippen LogP contribution is 2.48. The van der Waals surface area contributed by atoms with Crippen LogP contribution in [0, 0.1) is 0 Å². The van der Waals surface area contributed by atoms with Crippen LogP contribution >= 0.6 is 0 Å². The molecule has 0 aliphatic carbocycles. The monoisotopic (exact) mass is 386 g/mol. The van der Waals surface area contributed by atoms with Gasteiger partial charge in [0.2, 0.25) is 0 Å². The molecule has 7 heteroatoms. The maximum Gasteiger partial charge on any atom is 0.323 e. The summed E-state index contributed by atoms with van der Waals surface area (Å²) in [5.74, 6) is 1.14. The zero-order valence-corrected chi connectivity index (χ0v) is 16.6. The van der Waals surface area contributed by atoms with E-state index in [2.05, 4.69) is 19.2 Å². The Hall–Kier alpha value is -2.38. The van der Waals surface area contributed by atoms with Crippen LogP contribution in [-0.2, 0) is 9.53 Å². The highest BCUT2D eigenvalue weighted by Gasteiger charge is 2.49. The van der Waals surface area contributed by atoms with Crippen molar-refractivity contribution in [2.24, 2.45) is 0 Å². The molecule has 0 amide bonds. The molecular weight excluding hydrogens is 360 g/mol. The van der Waals surface area contributed by atoms with Gasteiger partial charge in [0.15, 0.2) is 0 Å². The average Bonchev–Trinajstić information content (AvgIpc) is 3.08. The van der Waals surface area contributed by atoms with Crippen molar-refractivity contribution in [1.82, 2.24) is 10.3 Å². The molecule has 7 nitrogen and oxygen atoms in total. The fourth-order valence-corrected chi connectivity index (χ4v) is 4.31. The normalized spacial score (nSPS) is 26.4. The lowest BCUT2D eigenvalue weighted by molar-refractivity contribution is -0.143. The second-order valence-corrected chi connectivity index (χ2v) is 7.94. The molecule has 2 unspecified atom stereocenters. The van der Waals surface area contributed by atoms with Crippen LogP contribution in [0.25, 0.3) is 10.9 Å². The molecule has 1 saturated heterocycles. The molecule has 4 rings (SSSR count). The van der Waals surface area contributed by atoms with Crippen molar-refractivity contribution in [3.8, 4) is 11.5 Å². The van der Waals surface area contributed by atoms with E-state index in [1.165, 1.54) is 7.11 Å². The van der Waals surface area contributed by atoms with Gasteiger partial charge in [-0.2, -0.15) is 0 Å². The molecule has 3 atom stereocenters. The molecule has 0 bridgehead atoms. The molecule has 2 aliphatic heterocycles. The molecule has 1 spiro atoms. The van der Waals surface area contributed by atoms with Crippen molar-refractivity contribution in [3.05, 3.63) is 29.5 Å². The fraction of sp³-hybridized carbons (Fsp3) is 0.524. The first-order valence-corrected chi connectivity index (χ1v) is 9.57. The summed E-state index contributed by atoms with van der Waals surface area (Å²) >= 11 is 0. The van der Waals surface area contributed by atoms with Crippen molar-refractivity contribution in [2.75, 3.05) is 20.8 Å². The van der Waals surface area contributed by atoms with Crippen LogP contribution in [0.1, 0.15) is 50.0 Å². The van der Waals surface area contributed by atoms with Crippen molar-refractivity contribution >= 4 is 16.9 Å². The Balaban J connectivity index is 1.83. The van der Waals surface area contributed by atoms with Crippen LogP contribution < -0.4 is 14.8 Å². The van der Waals surface area contributed by atoms with E-state index in [0.717, 1.165) is 22.2 Å². The molecule has 1 aromatic heterocycles. The molecule has 2 N–H and O–H groups in total. The van der Waals surface area contributed by atoms with Gasteiger partial charge >= 0.3 is 5.97 Å². The first kappa shape index (κ1) is 19.0. The van der Waals surface area contributed by atoms with Crippen LogP contribution in [0.4, 0.5) is 0 Å². The van der Waals surface area contributed by atoms with Gasteiger partial charge in [0, 0.05) is 30.3 Å². The number of ether oxygens (including phenoxy) is 3. The number of rotatable bonds is 3. The Morgan fingerprint density at radius 2 is 2.14 bits per heavy atom. The van der Waals surface area contributed by atoms with Gasteiger partial charge in [0.25, 0.3) is 0 Å². The maximum atomic E-state index is 12.0.